The molecule has 5 rings (SSSR count). The first-order valence-corrected chi connectivity index (χ1v) is 15.6. The van der Waals surface area contributed by atoms with Crippen LogP contribution in [0, 0.1) is 6.92 Å². The molecule has 1 aliphatic carbocycles. The minimum Gasteiger partial charge on any atom is -0.494 e. The summed E-state index contributed by atoms with van der Waals surface area (Å²) >= 11 is 0. The molecule has 0 radical (unpaired) electrons. The van der Waals surface area contributed by atoms with Crippen LogP contribution in [-0.2, 0) is 15.6 Å². The maximum atomic E-state index is 13.6. The number of aryl methyl sites for hydroxylation is 1. The van der Waals surface area contributed by atoms with Crippen LogP contribution in [0.1, 0.15) is 40.7 Å². The van der Waals surface area contributed by atoms with Crippen molar-refractivity contribution in [2.75, 3.05) is 31.2 Å². The molecule has 2 heterocycles. The summed E-state index contributed by atoms with van der Waals surface area (Å²) in [7, 11) is 1.10. The molecule has 0 unspecified atom stereocenters. The van der Waals surface area contributed by atoms with Gasteiger partial charge in [0.2, 0.25) is 10.0 Å². The van der Waals surface area contributed by atoms with Crippen LogP contribution in [0.15, 0.2) is 48.7 Å². The first-order chi connectivity index (χ1) is 17.5. The monoisotopic (exact) mass is 538 g/mol. The molecule has 196 valence electrons. The minimum absolute atomic E-state index is 0.162. The molecule has 0 bridgehead atoms. The van der Waals surface area contributed by atoms with Gasteiger partial charge in [-0.05, 0) is 81.2 Å². The normalized spacial score (nSPS) is 19.7. The van der Waals surface area contributed by atoms with E-state index >= 15 is 0 Å². The van der Waals surface area contributed by atoms with E-state index in [9.17, 15) is 13.2 Å². The van der Waals surface area contributed by atoms with Crippen LogP contribution in [-0.4, -0.2) is 73.1 Å². The van der Waals surface area contributed by atoms with Crippen molar-refractivity contribution in [2.24, 2.45) is 0 Å². The zero-order valence-electron chi connectivity index (χ0n) is 22.0. The first kappa shape index (κ1) is 25.7. The van der Waals surface area contributed by atoms with E-state index in [2.05, 4.69) is 22.2 Å². The molecular formula is C27H34N4O4SSi. The van der Waals surface area contributed by atoms with E-state index in [0.717, 1.165) is 52.6 Å². The van der Waals surface area contributed by atoms with Crippen molar-refractivity contribution in [1.29, 1.82) is 0 Å². The number of benzene rings is 2. The van der Waals surface area contributed by atoms with Gasteiger partial charge in [0, 0.05) is 30.2 Å². The summed E-state index contributed by atoms with van der Waals surface area (Å²) in [5.74, 6) is 0.553. The largest absolute Gasteiger partial charge is 0.494 e. The smallest absolute Gasteiger partial charge is 0.252 e. The van der Waals surface area contributed by atoms with Crippen molar-refractivity contribution in [3.05, 3.63) is 65.4 Å². The molecule has 1 saturated heterocycles. The van der Waals surface area contributed by atoms with Crippen molar-refractivity contribution < 1.29 is 17.9 Å². The Morgan fingerprint density at radius 3 is 2.65 bits per heavy atom. The topological polar surface area (TPSA) is 91.8 Å². The van der Waals surface area contributed by atoms with Crippen molar-refractivity contribution in [1.82, 2.24) is 15.2 Å². The highest BCUT2D eigenvalue weighted by Crippen LogP contribution is 2.49. The van der Waals surface area contributed by atoms with E-state index in [4.69, 9.17) is 4.74 Å². The Kier molecular flexibility index (Phi) is 6.53. The predicted octanol–water partition coefficient (Wildman–Crippen LogP) is 2.13. The number of carbonyl (C=O) groups is 1. The molecular weight excluding hydrogens is 504 g/mol. The lowest BCUT2D eigenvalue weighted by Crippen LogP contribution is -2.53. The fourth-order valence-corrected chi connectivity index (χ4v) is 6.75. The van der Waals surface area contributed by atoms with Gasteiger partial charge in [-0.25, -0.2) is 8.42 Å². The third-order valence-corrected chi connectivity index (χ3v) is 10.1. The number of anilines is 1. The number of sulfonamides is 1. The van der Waals surface area contributed by atoms with E-state index in [0.29, 0.717) is 28.6 Å². The van der Waals surface area contributed by atoms with Crippen LogP contribution < -0.4 is 14.4 Å². The third kappa shape index (κ3) is 4.97. The second-order valence-corrected chi connectivity index (χ2v) is 13.6. The second-order valence-electron chi connectivity index (χ2n) is 10.5. The highest BCUT2D eigenvalue weighted by molar-refractivity contribution is 7.92. The maximum absolute atomic E-state index is 13.6. The molecule has 1 N–H and O–H groups in total. The number of rotatable bonds is 8. The van der Waals surface area contributed by atoms with Crippen LogP contribution in [0.4, 0.5) is 5.69 Å². The van der Waals surface area contributed by atoms with Gasteiger partial charge in [-0.3, -0.25) is 14.1 Å². The van der Waals surface area contributed by atoms with Crippen LogP contribution in [0.3, 0.4) is 0 Å². The summed E-state index contributed by atoms with van der Waals surface area (Å²) in [5, 5.41) is 4.19. The van der Waals surface area contributed by atoms with Gasteiger partial charge in [0.1, 0.15) is 5.75 Å². The quantitative estimate of drug-likeness (QED) is 0.442. The van der Waals surface area contributed by atoms with Crippen LogP contribution in [0.2, 0.25) is 0 Å². The van der Waals surface area contributed by atoms with E-state index in [-0.39, 0.29) is 11.6 Å². The summed E-state index contributed by atoms with van der Waals surface area (Å²) < 4.78 is 32.0. The van der Waals surface area contributed by atoms with E-state index in [1.54, 1.807) is 12.3 Å². The zero-order chi connectivity index (χ0) is 26.5. The average molecular weight is 539 g/mol. The molecule has 1 aliphatic heterocycles. The maximum Gasteiger partial charge on any atom is 0.252 e. The minimum atomic E-state index is -3.46. The number of likely N-dealkylation sites (N-methyl/N-ethyl adjacent to an activating group) is 1. The number of hydrogen-bond donors (Lipinski definition) is 1. The molecule has 3 aromatic rings. The summed E-state index contributed by atoms with van der Waals surface area (Å²) in [6, 6.07) is 13.6. The van der Waals surface area contributed by atoms with E-state index in [1.807, 2.05) is 43.3 Å². The second kappa shape index (κ2) is 9.41. The molecule has 2 aromatic carbocycles. The van der Waals surface area contributed by atoms with Gasteiger partial charge in [0.25, 0.3) is 5.91 Å². The Labute approximate surface area is 221 Å². The van der Waals surface area contributed by atoms with E-state index < -0.39 is 15.6 Å². The van der Waals surface area contributed by atoms with Crippen LogP contribution in [0.5, 0.6) is 5.75 Å². The Bertz CT molecular complexity index is 1470. The van der Waals surface area contributed by atoms with Gasteiger partial charge in [0.15, 0.2) is 0 Å². The summed E-state index contributed by atoms with van der Waals surface area (Å²) in [4.78, 5) is 20.4. The molecule has 0 spiro atoms. The third-order valence-electron chi connectivity index (χ3n) is 7.85. The van der Waals surface area contributed by atoms with E-state index in [1.165, 1.54) is 17.6 Å². The van der Waals surface area contributed by atoms with Gasteiger partial charge >= 0.3 is 0 Å². The molecule has 1 aromatic heterocycles. The number of nitrogens with one attached hydrogen (secondary N) is 1. The van der Waals surface area contributed by atoms with Gasteiger partial charge in [0.05, 0.1) is 39.0 Å². The van der Waals surface area contributed by atoms with Crippen molar-refractivity contribution in [3.8, 4) is 5.75 Å². The highest BCUT2D eigenvalue weighted by Gasteiger charge is 2.47. The molecule has 37 heavy (non-hydrogen) atoms. The lowest BCUT2D eigenvalue weighted by atomic mass is 9.97. The van der Waals surface area contributed by atoms with Crippen LogP contribution >= 0.6 is 0 Å². The number of pyridine rings is 1. The molecule has 1 amide bonds. The summed E-state index contributed by atoms with van der Waals surface area (Å²) in [6.45, 7) is 3.03. The van der Waals surface area contributed by atoms with Gasteiger partial charge < -0.3 is 15.0 Å². The first-order valence-electron chi connectivity index (χ1n) is 12.6. The highest BCUT2D eigenvalue weighted by atomic mass is 32.2. The molecule has 10 heteroatoms. The molecule has 2 atom stereocenters. The summed E-state index contributed by atoms with van der Waals surface area (Å²) in [5.41, 5.74) is 3.15. The SMILES string of the molecule is Cc1ccc(O[C@@H]([SiH3])[C@@H]2CCN2C)cc1C(=O)NC1(c2cc(N(C)S(C)(=O)=O)cc3ncccc23)CC1. The van der Waals surface area contributed by atoms with Crippen molar-refractivity contribution >= 4 is 42.8 Å². The summed E-state index contributed by atoms with van der Waals surface area (Å²) in [6.07, 6.45) is 5.53. The fourth-order valence-electron chi connectivity index (χ4n) is 5.15. The number of hydrogen-bond acceptors (Lipinski definition) is 6. The van der Waals surface area contributed by atoms with Gasteiger partial charge in [-0.2, -0.15) is 0 Å². The van der Waals surface area contributed by atoms with Crippen molar-refractivity contribution in [3.63, 3.8) is 0 Å². The Morgan fingerprint density at radius 1 is 1.27 bits per heavy atom. The number of amides is 1. The number of ether oxygens (including phenoxy) is 1. The fraction of sp³-hybridized carbons (Fsp3) is 0.407. The Morgan fingerprint density at radius 2 is 2.03 bits per heavy atom. The number of carbonyl (C=O) groups excluding carboxylic acids is 1. The zero-order valence-corrected chi connectivity index (χ0v) is 24.8. The van der Waals surface area contributed by atoms with Gasteiger partial charge in [-0.1, -0.05) is 12.1 Å². The average Bonchev–Trinajstić information content (AvgIpc) is 3.62. The van der Waals surface area contributed by atoms with Gasteiger partial charge in [-0.15, -0.1) is 0 Å². The predicted molar refractivity (Wildman–Crippen MR) is 150 cm³/mol. The molecule has 8 nitrogen and oxygen atoms in total. The van der Waals surface area contributed by atoms with Crippen LogP contribution in [0.25, 0.3) is 10.9 Å². The lowest BCUT2D eigenvalue weighted by Gasteiger charge is -2.41. The Balaban J connectivity index is 1.45. The molecule has 2 fully saturated rings. The number of nitrogens with zero attached hydrogens (tertiary/aromatic N) is 3. The Hall–Kier alpha value is -2.95. The molecule has 2 aliphatic rings. The number of aromatic nitrogens is 1. The number of likely N-dealkylation sites (tertiary alicyclic amines) is 1. The standard InChI is InChI=1S/C27H34N4O4SSi/c1-17-7-8-19(35-26(37)24-9-13-30(24)2)16-21(17)25(32)29-27(10-11-27)22-14-18(31(3)36(4,33)34)15-23-20(22)6-5-12-28-23/h5-8,12,14-16,24,26H,9-11,13H2,1-4,37H3,(H,29,32)/t24-,26-/m0/s1. The van der Waals surface area contributed by atoms with Crippen molar-refractivity contribution in [2.45, 2.75) is 43.5 Å². The lowest BCUT2D eigenvalue weighted by molar-refractivity contribution is 0.0562. The number of fused-ring (bicyclic) bond motifs is 1. The molecule has 1 saturated carbocycles.